The number of anilines is 1. The minimum absolute atomic E-state index is 0.219. The lowest BCUT2D eigenvalue weighted by molar-refractivity contribution is -0.154. The van der Waals surface area contributed by atoms with Crippen LogP contribution in [0.5, 0.6) is 0 Å². The summed E-state index contributed by atoms with van der Waals surface area (Å²) in [6.07, 6.45) is 6.04. The van der Waals surface area contributed by atoms with Crippen molar-refractivity contribution in [2.75, 3.05) is 36.9 Å². The zero-order chi connectivity index (χ0) is 34.5. The number of piperidine rings is 1. The van der Waals surface area contributed by atoms with Crippen molar-refractivity contribution in [2.45, 2.75) is 102 Å². The number of benzene rings is 2. The van der Waals surface area contributed by atoms with Gasteiger partial charge in [-0.25, -0.2) is 4.79 Å². The quantitative estimate of drug-likeness (QED) is 0.138. The highest BCUT2D eigenvalue weighted by molar-refractivity contribution is 7.99. The molecule has 0 bridgehead atoms. The van der Waals surface area contributed by atoms with Gasteiger partial charge in [0.1, 0.15) is 24.8 Å². The highest BCUT2D eigenvalue weighted by Gasteiger charge is 2.35. The van der Waals surface area contributed by atoms with E-state index in [4.69, 9.17) is 14.2 Å². The number of amides is 2. The summed E-state index contributed by atoms with van der Waals surface area (Å²) in [5.41, 5.74) is 0.956. The third-order valence-electron chi connectivity index (χ3n) is 8.49. The molecule has 0 radical (unpaired) electrons. The first kappa shape index (κ1) is 37.3. The number of nitrogens with one attached hydrogen (secondary N) is 1. The van der Waals surface area contributed by atoms with E-state index in [9.17, 15) is 19.2 Å². The standard InChI is InChI=1S/C37H51N3O7S/c1-5-45-35(43)29(17-11-7-8-14-27-20-22-39(23-21-27)36(44)46-25-28-15-9-6-10-16-28)38-30-26-48-32-19-13-12-18-31(32)40(34(30)42)24-33(41)47-37(2,3)4/h6,9-10,12-13,15-16,18-19,27,29-30,38H,5,7-8,11,14,17,20-26H2,1-4H3/t29-,30?/m1/s1. The molecule has 2 atom stereocenters. The number of thioether (sulfide) groups is 1. The Morgan fingerprint density at radius 2 is 1.67 bits per heavy atom. The fraction of sp³-hybridized carbons (Fsp3) is 0.568. The molecule has 10 nitrogen and oxygen atoms in total. The van der Waals surface area contributed by atoms with Gasteiger partial charge in [-0.2, -0.15) is 0 Å². The average Bonchev–Trinajstić information content (AvgIpc) is 3.19. The van der Waals surface area contributed by atoms with Gasteiger partial charge in [-0.1, -0.05) is 68.1 Å². The van der Waals surface area contributed by atoms with Gasteiger partial charge in [0.2, 0.25) is 5.91 Å². The Kier molecular flexibility index (Phi) is 14.2. The number of likely N-dealkylation sites (tertiary alicyclic amines) is 1. The van der Waals surface area contributed by atoms with Crippen LogP contribution in [-0.4, -0.2) is 78.5 Å². The SMILES string of the molecule is CCOC(=O)[C@@H](CCCCCC1CCN(C(=O)OCc2ccccc2)CC1)NC1CSc2ccccc2N(CC(=O)OC(C)(C)C)C1=O. The number of unbranched alkanes of at least 4 members (excludes halogenated alkanes) is 2. The van der Waals surface area contributed by atoms with Crippen LogP contribution in [0.4, 0.5) is 10.5 Å². The summed E-state index contributed by atoms with van der Waals surface area (Å²) in [7, 11) is 0. The zero-order valence-corrected chi connectivity index (χ0v) is 29.6. The third kappa shape index (κ3) is 11.5. The number of carbonyl (C=O) groups excluding carboxylic acids is 4. The summed E-state index contributed by atoms with van der Waals surface area (Å²) in [6.45, 7) is 8.88. The van der Waals surface area contributed by atoms with Crippen LogP contribution in [0.2, 0.25) is 0 Å². The van der Waals surface area contributed by atoms with Crippen molar-refractivity contribution in [1.29, 1.82) is 0 Å². The smallest absolute Gasteiger partial charge is 0.410 e. The fourth-order valence-corrected chi connectivity index (χ4v) is 7.15. The van der Waals surface area contributed by atoms with Gasteiger partial charge in [-0.15, -0.1) is 11.8 Å². The van der Waals surface area contributed by atoms with E-state index in [1.54, 1.807) is 32.6 Å². The number of para-hydroxylation sites is 1. The topological polar surface area (TPSA) is 114 Å². The molecular weight excluding hydrogens is 630 g/mol. The van der Waals surface area contributed by atoms with Crippen molar-refractivity contribution in [1.82, 2.24) is 10.2 Å². The van der Waals surface area contributed by atoms with E-state index < -0.39 is 23.7 Å². The average molecular weight is 682 g/mol. The lowest BCUT2D eigenvalue weighted by atomic mass is 9.91. The van der Waals surface area contributed by atoms with Gasteiger partial charge < -0.3 is 19.1 Å². The molecule has 1 fully saturated rings. The molecule has 0 aromatic heterocycles. The van der Waals surface area contributed by atoms with Crippen LogP contribution in [0.3, 0.4) is 0 Å². The number of esters is 2. The van der Waals surface area contributed by atoms with Crippen molar-refractivity contribution >= 4 is 41.4 Å². The molecule has 2 aromatic rings. The Labute approximate surface area is 289 Å². The molecule has 1 N–H and O–H groups in total. The van der Waals surface area contributed by atoms with E-state index in [-0.39, 0.29) is 37.7 Å². The van der Waals surface area contributed by atoms with Gasteiger partial charge in [0.05, 0.1) is 18.3 Å². The van der Waals surface area contributed by atoms with Crippen LogP contribution in [0, 0.1) is 5.92 Å². The van der Waals surface area contributed by atoms with E-state index in [1.807, 2.05) is 54.6 Å². The predicted molar refractivity (Wildman–Crippen MR) is 187 cm³/mol. The Balaban J connectivity index is 1.25. The summed E-state index contributed by atoms with van der Waals surface area (Å²) in [5, 5.41) is 3.31. The first-order chi connectivity index (χ1) is 23.0. The van der Waals surface area contributed by atoms with Crippen molar-refractivity contribution < 1.29 is 33.4 Å². The van der Waals surface area contributed by atoms with Gasteiger partial charge in [0.25, 0.3) is 0 Å². The van der Waals surface area contributed by atoms with Gasteiger partial charge in [0.15, 0.2) is 0 Å². The summed E-state index contributed by atoms with van der Waals surface area (Å²) in [5.74, 6) is -0.174. The van der Waals surface area contributed by atoms with E-state index in [2.05, 4.69) is 5.32 Å². The molecule has 262 valence electrons. The fourth-order valence-electron chi connectivity index (χ4n) is 6.07. The highest BCUT2D eigenvalue weighted by atomic mass is 32.2. The third-order valence-corrected chi connectivity index (χ3v) is 9.65. The molecule has 48 heavy (non-hydrogen) atoms. The first-order valence-electron chi connectivity index (χ1n) is 17.2. The first-order valence-corrected chi connectivity index (χ1v) is 18.2. The van der Waals surface area contributed by atoms with E-state index in [0.29, 0.717) is 36.9 Å². The summed E-state index contributed by atoms with van der Waals surface area (Å²) >= 11 is 1.52. The summed E-state index contributed by atoms with van der Waals surface area (Å²) in [6, 6.07) is 15.9. The highest BCUT2D eigenvalue weighted by Crippen LogP contribution is 2.34. The van der Waals surface area contributed by atoms with Crippen LogP contribution in [0.15, 0.2) is 59.5 Å². The molecule has 1 saturated heterocycles. The van der Waals surface area contributed by atoms with Crippen LogP contribution in [-0.2, 0) is 35.2 Å². The zero-order valence-electron chi connectivity index (χ0n) is 28.8. The van der Waals surface area contributed by atoms with E-state index in [1.165, 1.54) is 16.7 Å². The molecule has 2 aromatic carbocycles. The van der Waals surface area contributed by atoms with Gasteiger partial charge in [-0.05, 0) is 70.6 Å². The molecule has 2 aliphatic rings. The summed E-state index contributed by atoms with van der Waals surface area (Å²) in [4.78, 5) is 56.4. The maximum absolute atomic E-state index is 13.9. The molecular formula is C37H51N3O7S. The van der Waals surface area contributed by atoms with Gasteiger partial charge >= 0.3 is 18.0 Å². The number of hydrogen-bond acceptors (Lipinski definition) is 9. The van der Waals surface area contributed by atoms with Crippen molar-refractivity contribution in [3.63, 3.8) is 0 Å². The number of fused-ring (bicyclic) bond motifs is 1. The minimum atomic E-state index is -0.691. The maximum atomic E-state index is 13.9. The monoisotopic (exact) mass is 681 g/mol. The number of rotatable bonds is 14. The van der Waals surface area contributed by atoms with Crippen LogP contribution < -0.4 is 10.2 Å². The second-order valence-corrected chi connectivity index (χ2v) is 14.5. The largest absolute Gasteiger partial charge is 0.465 e. The summed E-state index contributed by atoms with van der Waals surface area (Å²) < 4.78 is 16.4. The number of ether oxygens (including phenoxy) is 3. The van der Waals surface area contributed by atoms with Crippen molar-refractivity contribution in [3.8, 4) is 0 Å². The van der Waals surface area contributed by atoms with Crippen LogP contribution in [0.1, 0.15) is 78.2 Å². The molecule has 0 spiro atoms. The van der Waals surface area contributed by atoms with Crippen LogP contribution >= 0.6 is 11.8 Å². The van der Waals surface area contributed by atoms with Gasteiger partial charge in [-0.3, -0.25) is 24.6 Å². The predicted octanol–water partition coefficient (Wildman–Crippen LogP) is 6.36. The molecule has 2 aliphatic heterocycles. The molecule has 4 rings (SSSR count). The van der Waals surface area contributed by atoms with Crippen LogP contribution in [0.25, 0.3) is 0 Å². The Bertz CT molecular complexity index is 1360. The second kappa shape index (κ2) is 18.3. The Hall–Kier alpha value is -3.57. The molecule has 2 amide bonds. The number of carbonyl (C=O) groups is 4. The minimum Gasteiger partial charge on any atom is -0.465 e. The second-order valence-electron chi connectivity index (χ2n) is 13.4. The van der Waals surface area contributed by atoms with Crippen molar-refractivity contribution in [3.05, 3.63) is 60.2 Å². The molecule has 2 heterocycles. The molecule has 11 heteroatoms. The number of hydrogen-bond donors (Lipinski definition) is 1. The molecule has 0 aliphatic carbocycles. The molecule has 0 saturated carbocycles. The maximum Gasteiger partial charge on any atom is 0.410 e. The lowest BCUT2D eigenvalue weighted by Gasteiger charge is -2.31. The van der Waals surface area contributed by atoms with E-state index in [0.717, 1.165) is 49.0 Å². The lowest BCUT2D eigenvalue weighted by Crippen LogP contribution is -2.54. The van der Waals surface area contributed by atoms with E-state index >= 15 is 0 Å². The Morgan fingerprint density at radius 1 is 0.958 bits per heavy atom. The van der Waals surface area contributed by atoms with Gasteiger partial charge in [0, 0.05) is 23.7 Å². The normalized spacial score (nSPS) is 17.7. The number of nitrogens with zero attached hydrogens (tertiary/aromatic N) is 2. The molecule has 1 unspecified atom stereocenters. The Morgan fingerprint density at radius 3 is 2.38 bits per heavy atom. The van der Waals surface area contributed by atoms with Crippen molar-refractivity contribution in [2.24, 2.45) is 5.92 Å².